The Bertz CT molecular complexity index is 606. The minimum Gasteiger partial charge on any atom is -0.344 e. The lowest BCUT2D eigenvalue weighted by molar-refractivity contribution is 0.0761. The minimum absolute atomic E-state index is 0.0775. The van der Waals surface area contributed by atoms with E-state index < -0.39 is 0 Å². The Hall–Kier alpha value is -1.62. The van der Waals surface area contributed by atoms with E-state index in [1.165, 1.54) is 6.07 Å². The number of rotatable bonds is 4. The second-order valence-corrected chi connectivity index (χ2v) is 6.71. The third kappa shape index (κ3) is 3.58. The van der Waals surface area contributed by atoms with Gasteiger partial charge in [0.15, 0.2) is 5.43 Å². The number of amides is 1. The Labute approximate surface area is 132 Å². The molecule has 5 nitrogen and oxygen atoms in total. The largest absolute Gasteiger partial charge is 0.344 e. The Morgan fingerprint density at radius 3 is 2.68 bits per heavy atom. The number of nitrogens with zero attached hydrogens (tertiary/aromatic N) is 3. The van der Waals surface area contributed by atoms with Crippen molar-refractivity contribution < 1.29 is 4.79 Å². The average Bonchev–Trinajstić information content (AvgIpc) is 2.90. The fourth-order valence-electron chi connectivity index (χ4n) is 3.12. The van der Waals surface area contributed by atoms with Crippen LogP contribution in [0.25, 0.3) is 0 Å². The Morgan fingerprint density at radius 1 is 1.41 bits per heavy atom. The number of aryl methyl sites for hydroxylation is 1. The van der Waals surface area contributed by atoms with Gasteiger partial charge < -0.3 is 14.4 Å². The van der Waals surface area contributed by atoms with Gasteiger partial charge in [-0.15, -0.1) is 0 Å². The summed E-state index contributed by atoms with van der Waals surface area (Å²) >= 11 is 0. The van der Waals surface area contributed by atoms with Crippen molar-refractivity contribution >= 4 is 5.91 Å². The second kappa shape index (κ2) is 6.65. The zero-order valence-electron chi connectivity index (χ0n) is 14.3. The Balaban J connectivity index is 2.06. The molecular formula is C17H27N3O2. The predicted octanol–water partition coefficient (Wildman–Crippen LogP) is 1.50. The van der Waals surface area contributed by atoms with Crippen LogP contribution in [0.3, 0.4) is 0 Å². The summed E-state index contributed by atoms with van der Waals surface area (Å²) in [6.45, 7) is 9.15. The molecule has 5 heteroatoms. The first kappa shape index (κ1) is 16.7. The molecule has 1 aliphatic rings. The molecule has 0 saturated carbocycles. The van der Waals surface area contributed by atoms with Gasteiger partial charge in [-0.05, 0) is 39.7 Å². The summed E-state index contributed by atoms with van der Waals surface area (Å²) in [7, 11) is 3.65. The number of pyridine rings is 1. The lowest BCUT2D eigenvalue weighted by Gasteiger charge is -2.24. The van der Waals surface area contributed by atoms with E-state index in [1.807, 2.05) is 21.0 Å². The summed E-state index contributed by atoms with van der Waals surface area (Å²) in [6, 6.07) is 3.54. The highest BCUT2D eigenvalue weighted by Gasteiger charge is 2.27. The van der Waals surface area contributed by atoms with Gasteiger partial charge in [-0.1, -0.05) is 0 Å². The fraction of sp³-hybridized carbons (Fsp3) is 0.647. The molecule has 1 aliphatic heterocycles. The minimum atomic E-state index is -0.112. The number of carbonyl (C=O) groups excluding carboxylic acids is 1. The standard InChI is InChI=1S/C17H27N3O2/c1-12(2)20-7-6-14(11-20)10-18(4)17(22)16-9-15(21)8-13(3)19(16)5/h8-9,12,14H,6-7,10-11H2,1-5H3. The van der Waals surface area contributed by atoms with E-state index in [0.29, 0.717) is 17.7 Å². The monoisotopic (exact) mass is 305 g/mol. The molecular weight excluding hydrogens is 278 g/mol. The Kier molecular flexibility index (Phi) is 5.06. The lowest BCUT2D eigenvalue weighted by atomic mass is 10.1. The molecule has 1 amide bonds. The van der Waals surface area contributed by atoms with E-state index in [9.17, 15) is 9.59 Å². The van der Waals surface area contributed by atoms with Crippen molar-refractivity contribution in [3.8, 4) is 0 Å². The molecule has 0 spiro atoms. The number of carbonyl (C=O) groups is 1. The molecule has 2 heterocycles. The normalized spacial score (nSPS) is 18.9. The zero-order valence-corrected chi connectivity index (χ0v) is 14.3. The number of aromatic nitrogens is 1. The Morgan fingerprint density at radius 2 is 2.09 bits per heavy atom. The molecule has 1 atom stereocenters. The van der Waals surface area contributed by atoms with Crippen molar-refractivity contribution in [2.75, 3.05) is 26.7 Å². The van der Waals surface area contributed by atoms with E-state index in [2.05, 4.69) is 18.7 Å². The van der Waals surface area contributed by atoms with E-state index in [0.717, 1.165) is 31.7 Å². The lowest BCUT2D eigenvalue weighted by Crippen LogP contribution is -2.36. The number of likely N-dealkylation sites (tertiary alicyclic amines) is 1. The van der Waals surface area contributed by atoms with Gasteiger partial charge in [-0.3, -0.25) is 9.59 Å². The zero-order chi connectivity index (χ0) is 16.4. The van der Waals surface area contributed by atoms with Gasteiger partial charge in [0.25, 0.3) is 5.91 Å². The summed E-state index contributed by atoms with van der Waals surface area (Å²) in [5, 5.41) is 0. The molecule has 0 aromatic carbocycles. The summed E-state index contributed by atoms with van der Waals surface area (Å²) in [6.07, 6.45) is 1.13. The van der Waals surface area contributed by atoms with Gasteiger partial charge in [-0.2, -0.15) is 0 Å². The van der Waals surface area contributed by atoms with Crippen molar-refractivity contribution in [1.82, 2.24) is 14.4 Å². The molecule has 0 aliphatic carbocycles. The van der Waals surface area contributed by atoms with Gasteiger partial charge in [0.2, 0.25) is 0 Å². The topological polar surface area (TPSA) is 45.6 Å². The predicted molar refractivity (Wildman–Crippen MR) is 88.2 cm³/mol. The van der Waals surface area contributed by atoms with Crippen molar-refractivity contribution in [2.45, 2.75) is 33.2 Å². The third-order valence-electron chi connectivity index (χ3n) is 4.67. The molecule has 0 radical (unpaired) electrons. The van der Waals surface area contributed by atoms with E-state index >= 15 is 0 Å². The van der Waals surface area contributed by atoms with Crippen LogP contribution in [-0.4, -0.2) is 53.0 Å². The van der Waals surface area contributed by atoms with Crippen LogP contribution in [0.1, 0.15) is 36.5 Å². The van der Waals surface area contributed by atoms with E-state index in [4.69, 9.17) is 0 Å². The number of hydrogen-bond donors (Lipinski definition) is 0. The number of hydrogen-bond acceptors (Lipinski definition) is 3. The maximum Gasteiger partial charge on any atom is 0.270 e. The van der Waals surface area contributed by atoms with Crippen LogP contribution in [-0.2, 0) is 7.05 Å². The van der Waals surface area contributed by atoms with Crippen LogP contribution < -0.4 is 5.43 Å². The van der Waals surface area contributed by atoms with Gasteiger partial charge in [0.1, 0.15) is 5.69 Å². The molecule has 1 aromatic rings. The molecule has 1 fully saturated rings. The molecule has 0 bridgehead atoms. The highest BCUT2D eigenvalue weighted by Crippen LogP contribution is 2.19. The van der Waals surface area contributed by atoms with E-state index in [-0.39, 0.29) is 11.3 Å². The highest BCUT2D eigenvalue weighted by atomic mass is 16.2. The summed E-state index contributed by atoms with van der Waals surface area (Å²) in [4.78, 5) is 28.5. The first-order valence-corrected chi connectivity index (χ1v) is 7.96. The molecule has 1 saturated heterocycles. The van der Waals surface area contributed by atoms with Gasteiger partial charge >= 0.3 is 0 Å². The van der Waals surface area contributed by atoms with Crippen LogP contribution in [0.4, 0.5) is 0 Å². The SMILES string of the molecule is Cc1cc(=O)cc(C(=O)N(C)CC2CCN(C(C)C)C2)n1C. The average molecular weight is 305 g/mol. The molecule has 1 aromatic heterocycles. The van der Waals surface area contributed by atoms with Crippen molar-refractivity contribution in [3.63, 3.8) is 0 Å². The van der Waals surface area contributed by atoms with Crippen LogP contribution in [0.15, 0.2) is 16.9 Å². The van der Waals surface area contributed by atoms with Crippen LogP contribution in [0.2, 0.25) is 0 Å². The van der Waals surface area contributed by atoms with Gasteiger partial charge in [0.05, 0.1) is 0 Å². The summed E-state index contributed by atoms with van der Waals surface area (Å²) in [5.74, 6) is 0.435. The second-order valence-electron chi connectivity index (χ2n) is 6.71. The summed E-state index contributed by atoms with van der Waals surface area (Å²) in [5.41, 5.74) is 1.15. The summed E-state index contributed by atoms with van der Waals surface area (Å²) < 4.78 is 1.79. The molecule has 2 rings (SSSR count). The van der Waals surface area contributed by atoms with Crippen LogP contribution in [0.5, 0.6) is 0 Å². The van der Waals surface area contributed by atoms with Gasteiger partial charge in [0, 0.05) is 51.1 Å². The van der Waals surface area contributed by atoms with Crippen LogP contribution in [0, 0.1) is 12.8 Å². The third-order valence-corrected chi connectivity index (χ3v) is 4.67. The first-order chi connectivity index (χ1) is 10.3. The van der Waals surface area contributed by atoms with Crippen molar-refractivity contribution in [2.24, 2.45) is 13.0 Å². The molecule has 0 N–H and O–H groups in total. The van der Waals surface area contributed by atoms with Gasteiger partial charge in [-0.25, -0.2) is 0 Å². The first-order valence-electron chi connectivity index (χ1n) is 7.96. The maximum atomic E-state index is 12.6. The molecule has 1 unspecified atom stereocenters. The van der Waals surface area contributed by atoms with E-state index in [1.54, 1.807) is 15.5 Å². The highest BCUT2D eigenvalue weighted by molar-refractivity contribution is 5.92. The maximum absolute atomic E-state index is 12.6. The van der Waals surface area contributed by atoms with Crippen molar-refractivity contribution in [1.29, 1.82) is 0 Å². The smallest absolute Gasteiger partial charge is 0.270 e. The van der Waals surface area contributed by atoms with Crippen LogP contribution >= 0.6 is 0 Å². The quantitative estimate of drug-likeness (QED) is 0.847. The molecule has 22 heavy (non-hydrogen) atoms. The van der Waals surface area contributed by atoms with Crippen molar-refractivity contribution in [3.05, 3.63) is 33.7 Å². The molecule has 122 valence electrons. The fourth-order valence-corrected chi connectivity index (χ4v) is 3.12.